The van der Waals surface area contributed by atoms with E-state index in [9.17, 15) is 9.18 Å². The van der Waals surface area contributed by atoms with Crippen molar-refractivity contribution < 1.29 is 13.9 Å². The van der Waals surface area contributed by atoms with E-state index in [2.05, 4.69) is 9.97 Å². The molecule has 1 atom stereocenters. The summed E-state index contributed by atoms with van der Waals surface area (Å²) >= 11 is 5.75. The first-order valence-electron chi connectivity index (χ1n) is 6.64. The molecule has 0 spiro atoms. The molecule has 1 aromatic carbocycles. The number of aromatic nitrogens is 2. The summed E-state index contributed by atoms with van der Waals surface area (Å²) in [5.41, 5.74) is 1.66. The van der Waals surface area contributed by atoms with Gasteiger partial charge in [-0.15, -0.1) is 0 Å². The Balaban J connectivity index is 1.84. The molecule has 22 heavy (non-hydrogen) atoms. The van der Waals surface area contributed by atoms with Crippen LogP contribution < -0.4 is 0 Å². The van der Waals surface area contributed by atoms with Crippen LogP contribution in [0.25, 0.3) is 11.0 Å². The Bertz CT molecular complexity index is 847. The summed E-state index contributed by atoms with van der Waals surface area (Å²) in [7, 11) is 0. The van der Waals surface area contributed by atoms with Crippen molar-refractivity contribution in [3.05, 3.63) is 64.7 Å². The van der Waals surface area contributed by atoms with E-state index in [1.807, 2.05) is 0 Å². The number of rotatable bonds is 3. The van der Waals surface area contributed by atoms with Crippen molar-refractivity contribution in [3.8, 4) is 0 Å². The van der Waals surface area contributed by atoms with Crippen molar-refractivity contribution in [1.82, 2.24) is 9.97 Å². The zero-order valence-electron chi connectivity index (χ0n) is 11.6. The van der Waals surface area contributed by atoms with Gasteiger partial charge in [0.15, 0.2) is 0 Å². The Hall–Kier alpha value is -2.40. The van der Waals surface area contributed by atoms with Crippen LogP contribution in [-0.4, -0.2) is 15.9 Å². The van der Waals surface area contributed by atoms with Crippen molar-refractivity contribution >= 4 is 28.6 Å². The molecule has 3 aromatic rings. The summed E-state index contributed by atoms with van der Waals surface area (Å²) < 4.78 is 18.6. The Morgan fingerprint density at radius 2 is 2.18 bits per heavy atom. The molecule has 2 aromatic heterocycles. The van der Waals surface area contributed by atoms with E-state index in [1.54, 1.807) is 25.3 Å². The largest absolute Gasteiger partial charge is 0.454 e. The molecule has 0 bridgehead atoms. The lowest BCUT2D eigenvalue weighted by molar-refractivity contribution is 0.0340. The van der Waals surface area contributed by atoms with Crippen molar-refractivity contribution in [1.29, 1.82) is 0 Å². The third-order valence-corrected chi connectivity index (χ3v) is 3.67. The number of benzene rings is 1. The van der Waals surface area contributed by atoms with E-state index in [0.29, 0.717) is 22.2 Å². The minimum absolute atomic E-state index is 0.00247. The second-order valence-electron chi connectivity index (χ2n) is 4.82. The van der Waals surface area contributed by atoms with E-state index in [4.69, 9.17) is 16.3 Å². The minimum Gasteiger partial charge on any atom is -0.454 e. The average molecular weight is 319 g/mol. The number of hydrogen-bond donors (Lipinski definition) is 1. The van der Waals surface area contributed by atoms with Crippen molar-refractivity contribution in [3.63, 3.8) is 0 Å². The summed E-state index contributed by atoms with van der Waals surface area (Å²) in [5.74, 6) is -0.980. The van der Waals surface area contributed by atoms with Gasteiger partial charge in [-0.2, -0.15) is 0 Å². The molecule has 2 heterocycles. The van der Waals surface area contributed by atoms with Crippen LogP contribution in [0.15, 0.2) is 42.7 Å². The first-order valence-corrected chi connectivity index (χ1v) is 7.02. The van der Waals surface area contributed by atoms with Gasteiger partial charge < -0.3 is 9.72 Å². The van der Waals surface area contributed by atoms with Gasteiger partial charge in [0.2, 0.25) is 0 Å². The number of pyridine rings is 1. The Kier molecular flexibility index (Phi) is 3.81. The normalized spacial score (nSPS) is 12.3. The second kappa shape index (κ2) is 5.77. The number of fused-ring (bicyclic) bond motifs is 1. The van der Waals surface area contributed by atoms with Gasteiger partial charge in [0.05, 0.1) is 10.6 Å². The van der Waals surface area contributed by atoms with Gasteiger partial charge in [0.1, 0.15) is 17.6 Å². The molecule has 0 aliphatic carbocycles. The molecule has 0 aliphatic rings. The number of hydrogen-bond acceptors (Lipinski definition) is 3. The molecule has 0 amide bonds. The molecule has 1 N–H and O–H groups in total. The van der Waals surface area contributed by atoms with Crippen molar-refractivity contribution in [2.24, 2.45) is 0 Å². The molecule has 0 radical (unpaired) electrons. The molecule has 0 saturated heterocycles. The van der Waals surface area contributed by atoms with Crippen LogP contribution >= 0.6 is 11.6 Å². The van der Waals surface area contributed by atoms with Crippen LogP contribution in [0.3, 0.4) is 0 Å². The maximum atomic E-state index is 13.2. The highest BCUT2D eigenvalue weighted by Crippen LogP contribution is 2.25. The summed E-state index contributed by atoms with van der Waals surface area (Å²) in [6.45, 7) is 1.71. The molecule has 0 fully saturated rings. The van der Waals surface area contributed by atoms with Crippen LogP contribution in [-0.2, 0) is 4.74 Å². The number of carbonyl (C=O) groups excluding carboxylic acids is 1. The molecule has 0 saturated carbocycles. The number of esters is 1. The van der Waals surface area contributed by atoms with Crippen LogP contribution in [0.5, 0.6) is 0 Å². The number of H-pyrrole nitrogens is 1. The molecule has 0 aliphatic heterocycles. The number of aromatic amines is 1. The molecule has 4 nitrogen and oxygen atoms in total. The van der Waals surface area contributed by atoms with E-state index >= 15 is 0 Å². The Morgan fingerprint density at radius 3 is 2.95 bits per heavy atom. The predicted octanol–water partition coefficient (Wildman–Crippen LogP) is 4.27. The maximum Gasteiger partial charge on any atom is 0.339 e. The fourth-order valence-electron chi connectivity index (χ4n) is 2.20. The number of halogens is 2. The van der Waals surface area contributed by atoms with E-state index in [1.165, 1.54) is 24.4 Å². The minimum atomic E-state index is -0.548. The van der Waals surface area contributed by atoms with Gasteiger partial charge in [-0.1, -0.05) is 17.7 Å². The Labute approximate surface area is 130 Å². The van der Waals surface area contributed by atoms with E-state index in [-0.39, 0.29) is 5.02 Å². The third-order valence-electron chi connectivity index (χ3n) is 3.38. The van der Waals surface area contributed by atoms with Crippen molar-refractivity contribution in [2.45, 2.75) is 13.0 Å². The number of nitrogens with one attached hydrogen (secondary N) is 1. The number of carbonyl (C=O) groups is 1. The fourth-order valence-corrected chi connectivity index (χ4v) is 2.39. The summed E-state index contributed by atoms with van der Waals surface area (Å²) in [4.78, 5) is 19.4. The monoisotopic (exact) mass is 318 g/mol. The second-order valence-corrected chi connectivity index (χ2v) is 5.23. The fraction of sp³-hybridized carbons (Fsp3) is 0.125. The van der Waals surface area contributed by atoms with Crippen LogP contribution in [0.4, 0.5) is 4.39 Å². The standard InChI is InChI=1S/C16H12ClFN2O2/c1-9(10-2-3-14(18)13(17)8-10)22-16(21)12-5-7-20-15-11(12)4-6-19-15/h2-9H,1H3,(H,19,20). The van der Waals surface area contributed by atoms with Crippen LogP contribution in [0.1, 0.15) is 28.9 Å². The third kappa shape index (κ3) is 2.67. The quantitative estimate of drug-likeness (QED) is 0.734. The lowest BCUT2D eigenvalue weighted by Crippen LogP contribution is -2.10. The molecular weight excluding hydrogens is 307 g/mol. The molecule has 112 valence electrons. The highest BCUT2D eigenvalue weighted by molar-refractivity contribution is 6.30. The lowest BCUT2D eigenvalue weighted by Gasteiger charge is -2.14. The maximum absolute atomic E-state index is 13.2. The van der Waals surface area contributed by atoms with Gasteiger partial charge in [0.25, 0.3) is 0 Å². The topological polar surface area (TPSA) is 55.0 Å². The van der Waals surface area contributed by atoms with Crippen molar-refractivity contribution in [2.75, 3.05) is 0 Å². The first kappa shape index (κ1) is 14.5. The molecular formula is C16H12ClFN2O2. The summed E-state index contributed by atoms with van der Waals surface area (Å²) in [6.07, 6.45) is 2.69. The molecule has 3 rings (SSSR count). The van der Waals surface area contributed by atoms with E-state index in [0.717, 1.165) is 0 Å². The number of nitrogens with zero attached hydrogens (tertiary/aromatic N) is 1. The zero-order valence-corrected chi connectivity index (χ0v) is 12.4. The summed E-state index contributed by atoms with van der Waals surface area (Å²) in [6, 6.07) is 7.60. The highest BCUT2D eigenvalue weighted by Gasteiger charge is 2.17. The van der Waals surface area contributed by atoms with Crippen LogP contribution in [0.2, 0.25) is 5.02 Å². The SMILES string of the molecule is CC(OC(=O)c1ccnc2[nH]ccc12)c1ccc(F)c(Cl)c1. The van der Waals surface area contributed by atoms with E-state index < -0.39 is 17.9 Å². The predicted molar refractivity (Wildman–Crippen MR) is 81.3 cm³/mol. The average Bonchev–Trinajstić information content (AvgIpc) is 2.98. The highest BCUT2D eigenvalue weighted by atomic mass is 35.5. The van der Waals surface area contributed by atoms with Gasteiger partial charge in [0, 0.05) is 17.8 Å². The number of ether oxygens (including phenoxy) is 1. The molecule has 6 heteroatoms. The van der Waals surface area contributed by atoms with Gasteiger partial charge >= 0.3 is 5.97 Å². The smallest absolute Gasteiger partial charge is 0.339 e. The molecule has 1 unspecified atom stereocenters. The van der Waals surface area contributed by atoms with Gasteiger partial charge in [-0.25, -0.2) is 14.2 Å². The van der Waals surface area contributed by atoms with Gasteiger partial charge in [-0.3, -0.25) is 0 Å². The lowest BCUT2D eigenvalue weighted by atomic mass is 10.1. The zero-order chi connectivity index (χ0) is 15.7. The summed E-state index contributed by atoms with van der Waals surface area (Å²) in [5, 5.41) is 0.689. The van der Waals surface area contributed by atoms with Crippen LogP contribution in [0, 0.1) is 5.82 Å². The Morgan fingerprint density at radius 1 is 1.36 bits per heavy atom. The first-order chi connectivity index (χ1) is 10.6. The van der Waals surface area contributed by atoms with Gasteiger partial charge in [-0.05, 0) is 36.8 Å².